The molecule has 8 nitrogen and oxygen atoms in total. The summed E-state index contributed by atoms with van der Waals surface area (Å²) in [6.07, 6.45) is 0. The fourth-order valence-corrected chi connectivity index (χ4v) is 5.52. The molecule has 162 valence electrons. The largest absolute Gasteiger partial charge is 0.378 e. The van der Waals surface area contributed by atoms with Gasteiger partial charge in [-0.15, -0.1) is 21.5 Å². The Hall–Kier alpha value is -1.91. The van der Waals surface area contributed by atoms with Crippen LogP contribution in [0.1, 0.15) is 42.3 Å². The van der Waals surface area contributed by atoms with Crippen LogP contribution in [0.3, 0.4) is 0 Å². The van der Waals surface area contributed by atoms with Crippen LogP contribution in [-0.2, 0) is 11.3 Å². The second-order valence-corrected chi connectivity index (χ2v) is 10.6. The van der Waals surface area contributed by atoms with Gasteiger partial charge in [-0.1, -0.05) is 25.6 Å². The molecule has 3 aromatic rings. The van der Waals surface area contributed by atoms with Gasteiger partial charge in [0.1, 0.15) is 10.7 Å². The van der Waals surface area contributed by atoms with Gasteiger partial charge < -0.3 is 14.6 Å². The molecule has 0 amide bonds. The maximum atomic E-state index is 12.7. The molecule has 30 heavy (non-hydrogen) atoms. The first-order valence-corrected chi connectivity index (χ1v) is 12.0. The van der Waals surface area contributed by atoms with E-state index in [4.69, 9.17) is 9.72 Å². The van der Waals surface area contributed by atoms with E-state index in [9.17, 15) is 4.79 Å². The van der Waals surface area contributed by atoms with Gasteiger partial charge >= 0.3 is 0 Å². The summed E-state index contributed by atoms with van der Waals surface area (Å²) in [6, 6.07) is 0. The number of morpholine rings is 1. The van der Waals surface area contributed by atoms with E-state index in [0.29, 0.717) is 30.3 Å². The normalized spacial score (nSPS) is 16.0. The minimum atomic E-state index is -0.0676. The molecule has 3 aromatic heterocycles. The zero-order valence-corrected chi connectivity index (χ0v) is 19.7. The number of H-pyrrole nitrogens is 1. The molecule has 4 heterocycles. The molecule has 0 saturated carbocycles. The molecule has 1 fully saturated rings. The summed E-state index contributed by atoms with van der Waals surface area (Å²) in [5.74, 6) is 2.02. The van der Waals surface area contributed by atoms with Crippen molar-refractivity contribution in [3.63, 3.8) is 0 Å². The van der Waals surface area contributed by atoms with Gasteiger partial charge in [-0.05, 0) is 32.3 Å². The van der Waals surface area contributed by atoms with Gasteiger partial charge in [0.25, 0.3) is 5.56 Å². The Morgan fingerprint density at radius 3 is 2.63 bits per heavy atom. The molecule has 1 aliphatic rings. The number of ether oxygens (including phenoxy) is 1. The lowest BCUT2D eigenvalue weighted by Gasteiger charge is -2.28. The third-order valence-corrected chi connectivity index (χ3v) is 7.45. The lowest BCUT2D eigenvalue weighted by Crippen LogP contribution is -2.38. The molecule has 1 atom stereocenters. The van der Waals surface area contributed by atoms with Crippen molar-refractivity contribution in [3.8, 4) is 0 Å². The molecule has 1 saturated heterocycles. The van der Waals surface area contributed by atoms with Crippen LogP contribution in [0.15, 0.2) is 9.95 Å². The van der Waals surface area contributed by atoms with E-state index in [1.165, 1.54) is 0 Å². The lowest BCUT2D eigenvalue weighted by molar-refractivity contribution is 0.121. The Morgan fingerprint density at radius 1 is 1.20 bits per heavy atom. The molecule has 0 radical (unpaired) electrons. The lowest BCUT2D eigenvalue weighted by atomic mass is 10.2. The van der Waals surface area contributed by atoms with Gasteiger partial charge in [-0.2, -0.15) is 0 Å². The molecule has 0 spiro atoms. The first kappa shape index (κ1) is 21.3. The van der Waals surface area contributed by atoms with Gasteiger partial charge in [-0.3, -0.25) is 9.36 Å². The van der Waals surface area contributed by atoms with Crippen molar-refractivity contribution in [1.82, 2.24) is 24.7 Å². The Balaban J connectivity index is 1.64. The van der Waals surface area contributed by atoms with Gasteiger partial charge in [0.2, 0.25) is 5.95 Å². The zero-order valence-electron chi connectivity index (χ0n) is 18.1. The summed E-state index contributed by atoms with van der Waals surface area (Å²) in [5.41, 5.74) is 0.949. The van der Waals surface area contributed by atoms with Crippen LogP contribution < -0.4 is 10.5 Å². The predicted octanol–water partition coefficient (Wildman–Crippen LogP) is 3.54. The SMILES string of the molecule is Cc1sc2nc(C(C)Sc3nnc(N4CCOCC4)n3CC(C)C)[nH]c(=O)c2c1C. The number of thiophene rings is 1. The predicted molar refractivity (Wildman–Crippen MR) is 122 cm³/mol. The molecule has 1 N–H and O–H groups in total. The first-order chi connectivity index (χ1) is 14.3. The van der Waals surface area contributed by atoms with Gasteiger partial charge in [-0.25, -0.2) is 4.98 Å². The molecule has 10 heteroatoms. The Labute approximate surface area is 184 Å². The highest BCUT2D eigenvalue weighted by Crippen LogP contribution is 2.35. The molecule has 0 bridgehead atoms. The standard InChI is InChI=1S/C20H28N6O2S2/c1-11(2)10-26-19(25-6-8-28-9-7-25)23-24-20(26)30-14(5)16-21-17(27)15-12(3)13(4)29-18(15)22-16/h11,14H,6-10H2,1-5H3,(H,21,22,27). The number of hydrogen-bond acceptors (Lipinski definition) is 8. The summed E-state index contributed by atoms with van der Waals surface area (Å²) in [6.45, 7) is 14.3. The second kappa shape index (κ2) is 8.68. The van der Waals surface area contributed by atoms with E-state index in [-0.39, 0.29) is 10.8 Å². The van der Waals surface area contributed by atoms with Crippen molar-refractivity contribution in [2.45, 2.75) is 51.6 Å². The third-order valence-electron chi connectivity index (χ3n) is 5.26. The number of aromatic amines is 1. The maximum Gasteiger partial charge on any atom is 0.259 e. The molecule has 1 unspecified atom stereocenters. The van der Waals surface area contributed by atoms with Crippen LogP contribution in [0.2, 0.25) is 0 Å². The topological polar surface area (TPSA) is 88.9 Å². The van der Waals surface area contributed by atoms with Crippen LogP contribution in [0, 0.1) is 19.8 Å². The molecular weight excluding hydrogens is 420 g/mol. The number of hydrogen-bond donors (Lipinski definition) is 1. The first-order valence-electron chi connectivity index (χ1n) is 10.3. The zero-order chi connectivity index (χ0) is 21.4. The van der Waals surface area contributed by atoms with Crippen molar-refractivity contribution in [2.24, 2.45) is 5.92 Å². The number of thioether (sulfide) groups is 1. The van der Waals surface area contributed by atoms with E-state index in [2.05, 4.69) is 38.5 Å². The van der Waals surface area contributed by atoms with Crippen molar-refractivity contribution >= 4 is 39.3 Å². The van der Waals surface area contributed by atoms with E-state index in [1.807, 2.05) is 20.8 Å². The fraction of sp³-hybridized carbons (Fsp3) is 0.600. The molecule has 1 aliphatic heterocycles. The van der Waals surface area contributed by atoms with Crippen molar-refractivity contribution < 1.29 is 4.74 Å². The van der Waals surface area contributed by atoms with E-state index >= 15 is 0 Å². The van der Waals surface area contributed by atoms with E-state index in [0.717, 1.165) is 46.0 Å². The number of fused-ring (bicyclic) bond motifs is 1. The summed E-state index contributed by atoms with van der Waals surface area (Å²) < 4.78 is 7.67. The van der Waals surface area contributed by atoms with E-state index in [1.54, 1.807) is 23.1 Å². The number of aryl methyl sites for hydroxylation is 2. The van der Waals surface area contributed by atoms with Crippen LogP contribution >= 0.6 is 23.1 Å². The number of nitrogens with one attached hydrogen (secondary N) is 1. The van der Waals surface area contributed by atoms with Crippen molar-refractivity contribution in [3.05, 3.63) is 26.6 Å². The summed E-state index contributed by atoms with van der Waals surface area (Å²) >= 11 is 3.15. The number of nitrogens with zero attached hydrogens (tertiary/aromatic N) is 5. The Kier molecular flexibility index (Phi) is 6.17. The minimum absolute atomic E-state index is 0.0579. The monoisotopic (exact) mass is 448 g/mol. The third kappa shape index (κ3) is 4.13. The molecule has 4 rings (SSSR count). The summed E-state index contributed by atoms with van der Waals surface area (Å²) in [7, 11) is 0. The fourth-order valence-electron chi connectivity index (χ4n) is 3.57. The van der Waals surface area contributed by atoms with Crippen LogP contribution in [0.4, 0.5) is 5.95 Å². The van der Waals surface area contributed by atoms with Crippen LogP contribution in [-0.4, -0.2) is 51.0 Å². The smallest absolute Gasteiger partial charge is 0.259 e. The Bertz CT molecular complexity index is 1100. The quantitative estimate of drug-likeness (QED) is 0.577. The number of rotatable bonds is 6. The van der Waals surface area contributed by atoms with Gasteiger partial charge in [0.15, 0.2) is 5.16 Å². The van der Waals surface area contributed by atoms with Gasteiger partial charge in [0, 0.05) is 24.5 Å². The number of anilines is 1. The molecule has 0 aliphatic carbocycles. The molecule has 0 aromatic carbocycles. The van der Waals surface area contributed by atoms with Crippen molar-refractivity contribution in [1.29, 1.82) is 0 Å². The average Bonchev–Trinajstić information content (AvgIpc) is 3.22. The highest BCUT2D eigenvalue weighted by atomic mass is 32.2. The maximum absolute atomic E-state index is 12.7. The number of aromatic nitrogens is 5. The Morgan fingerprint density at radius 2 is 1.93 bits per heavy atom. The van der Waals surface area contributed by atoms with Crippen molar-refractivity contribution in [2.75, 3.05) is 31.2 Å². The van der Waals surface area contributed by atoms with Gasteiger partial charge in [0.05, 0.1) is 23.8 Å². The van der Waals surface area contributed by atoms with E-state index < -0.39 is 0 Å². The summed E-state index contributed by atoms with van der Waals surface area (Å²) in [5, 5.41) is 10.5. The highest BCUT2D eigenvalue weighted by molar-refractivity contribution is 7.99. The minimum Gasteiger partial charge on any atom is -0.378 e. The van der Waals surface area contributed by atoms with Crippen LogP contribution in [0.25, 0.3) is 10.2 Å². The average molecular weight is 449 g/mol. The molecular formula is C20H28N6O2S2. The second-order valence-electron chi connectivity index (χ2n) is 8.06. The highest BCUT2D eigenvalue weighted by Gasteiger charge is 2.24. The summed E-state index contributed by atoms with van der Waals surface area (Å²) in [4.78, 5) is 24.6. The van der Waals surface area contributed by atoms with Crippen LogP contribution in [0.5, 0.6) is 0 Å².